The molecule has 0 bridgehead atoms. The second-order valence-electron chi connectivity index (χ2n) is 2.50. The highest BCUT2D eigenvalue weighted by Crippen LogP contribution is 2.25. The van der Waals surface area contributed by atoms with Gasteiger partial charge in [0, 0.05) is 12.1 Å². The van der Waals surface area contributed by atoms with E-state index in [0.717, 1.165) is 6.07 Å². The van der Waals surface area contributed by atoms with Crippen LogP contribution in [-0.2, 0) is 0 Å². The maximum atomic E-state index is 12.7. The Bertz CT molecular complexity index is 329. The fraction of sp³-hybridized carbons (Fsp3) is 0.250. The van der Waals surface area contributed by atoms with E-state index in [2.05, 4.69) is 4.74 Å². The summed E-state index contributed by atoms with van der Waals surface area (Å²) in [5.41, 5.74) is 4.65. The van der Waals surface area contributed by atoms with E-state index in [-0.39, 0.29) is 0 Å². The van der Waals surface area contributed by atoms with E-state index in [0.29, 0.717) is 6.07 Å². The third-order valence-corrected chi connectivity index (χ3v) is 1.42. The highest BCUT2D eigenvalue weighted by atomic mass is 19.3. The van der Waals surface area contributed by atoms with Crippen molar-refractivity contribution in [1.82, 2.24) is 0 Å². The Kier molecular flexibility index (Phi) is 3.16. The topological polar surface area (TPSA) is 35.2 Å². The largest absolute Gasteiger partial charge is 0.485 e. The second kappa shape index (κ2) is 4.17. The van der Waals surface area contributed by atoms with Crippen LogP contribution in [0.1, 0.15) is 0 Å². The van der Waals surface area contributed by atoms with Gasteiger partial charge in [0.15, 0.2) is 5.82 Å². The van der Waals surface area contributed by atoms with Crippen LogP contribution in [0.5, 0.6) is 5.75 Å². The van der Waals surface area contributed by atoms with Crippen LogP contribution in [0.2, 0.25) is 0 Å². The highest BCUT2D eigenvalue weighted by Gasteiger charge is 2.11. The van der Waals surface area contributed by atoms with Crippen molar-refractivity contribution in [3.05, 3.63) is 23.8 Å². The molecule has 0 aromatic heterocycles. The summed E-state index contributed by atoms with van der Waals surface area (Å²) in [5.74, 6) is -2.38. The molecule has 0 unspecified atom stereocenters. The number of alkyl halides is 2. The molecule has 0 heterocycles. The molecule has 0 spiro atoms. The van der Waals surface area contributed by atoms with Gasteiger partial charge in [-0.25, -0.2) is 17.6 Å². The molecule has 0 aliphatic carbocycles. The number of hydrogen-bond donors (Lipinski definition) is 1. The third kappa shape index (κ3) is 2.51. The minimum Gasteiger partial charge on any atom is -0.485 e. The quantitative estimate of drug-likeness (QED) is 0.611. The van der Waals surface area contributed by atoms with E-state index in [1.807, 2.05) is 0 Å². The molecule has 0 fully saturated rings. The first-order valence-electron chi connectivity index (χ1n) is 3.66. The minimum atomic E-state index is -2.72. The van der Waals surface area contributed by atoms with Crippen molar-refractivity contribution >= 4 is 5.69 Å². The summed E-state index contributed by atoms with van der Waals surface area (Å²) in [6.45, 7) is -0.951. The Morgan fingerprint density at radius 3 is 2.50 bits per heavy atom. The molecule has 1 aromatic carbocycles. The Morgan fingerprint density at radius 1 is 1.29 bits per heavy atom. The first-order chi connectivity index (χ1) is 6.50. The number of rotatable bonds is 3. The van der Waals surface area contributed by atoms with Crippen molar-refractivity contribution in [3.63, 3.8) is 0 Å². The van der Waals surface area contributed by atoms with Crippen molar-refractivity contribution in [3.8, 4) is 5.75 Å². The molecular weight excluding hydrogens is 202 g/mol. The Labute approximate surface area is 77.3 Å². The van der Waals surface area contributed by atoms with E-state index in [4.69, 9.17) is 5.73 Å². The van der Waals surface area contributed by atoms with E-state index >= 15 is 0 Å². The Balaban J connectivity index is 2.85. The summed E-state index contributed by atoms with van der Waals surface area (Å²) >= 11 is 0. The predicted octanol–water partition coefficient (Wildman–Crippen LogP) is 2.19. The number of halogens is 4. The summed E-state index contributed by atoms with van der Waals surface area (Å²) < 4.78 is 53.1. The first-order valence-corrected chi connectivity index (χ1v) is 3.66. The van der Waals surface area contributed by atoms with Crippen LogP contribution >= 0.6 is 0 Å². The van der Waals surface area contributed by atoms with Gasteiger partial charge in [-0.3, -0.25) is 0 Å². The smallest absolute Gasteiger partial charge is 0.272 e. The number of anilines is 1. The summed E-state index contributed by atoms with van der Waals surface area (Å²) in [5, 5.41) is 0. The molecule has 6 heteroatoms. The van der Waals surface area contributed by atoms with Gasteiger partial charge in [0.05, 0.1) is 0 Å². The van der Waals surface area contributed by atoms with Crippen molar-refractivity contribution in [2.24, 2.45) is 0 Å². The zero-order valence-corrected chi connectivity index (χ0v) is 6.94. The van der Waals surface area contributed by atoms with Crippen molar-refractivity contribution in [2.45, 2.75) is 6.43 Å². The summed E-state index contributed by atoms with van der Waals surface area (Å²) in [7, 11) is 0. The fourth-order valence-corrected chi connectivity index (χ4v) is 0.833. The van der Waals surface area contributed by atoms with Crippen LogP contribution < -0.4 is 10.5 Å². The van der Waals surface area contributed by atoms with E-state index in [1.54, 1.807) is 0 Å². The number of nitrogens with two attached hydrogens (primary N) is 1. The average molecular weight is 209 g/mol. The summed E-state index contributed by atoms with van der Waals surface area (Å²) in [6, 6.07) is 1.30. The molecule has 0 atom stereocenters. The first kappa shape index (κ1) is 10.6. The maximum absolute atomic E-state index is 12.7. The second-order valence-corrected chi connectivity index (χ2v) is 2.50. The van der Waals surface area contributed by atoms with Gasteiger partial charge >= 0.3 is 0 Å². The fourth-order valence-electron chi connectivity index (χ4n) is 0.833. The van der Waals surface area contributed by atoms with Gasteiger partial charge in [0.2, 0.25) is 0 Å². The Morgan fingerprint density at radius 2 is 1.93 bits per heavy atom. The van der Waals surface area contributed by atoms with E-state index in [1.165, 1.54) is 0 Å². The maximum Gasteiger partial charge on any atom is 0.272 e. The molecule has 2 nitrogen and oxygen atoms in total. The van der Waals surface area contributed by atoms with Gasteiger partial charge < -0.3 is 10.5 Å². The standard InChI is InChI=1S/C8H7F4NO/c9-4-1-5(10)8(13)6(2-4)14-3-7(11)12/h1-2,7H,3,13H2. The third-order valence-electron chi connectivity index (χ3n) is 1.42. The van der Waals surface area contributed by atoms with Gasteiger partial charge in [0.25, 0.3) is 6.43 Å². The molecule has 0 saturated carbocycles. The molecule has 0 saturated heterocycles. The van der Waals surface area contributed by atoms with Gasteiger partial charge in [-0.05, 0) is 0 Å². The monoisotopic (exact) mass is 209 g/mol. The van der Waals surface area contributed by atoms with Gasteiger partial charge in [0.1, 0.15) is 23.9 Å². The number of benzene rings is 1. The molecule has 0 radical (unpaired) electrons. The number of nitrogen functional groups attached to an aromatic ring is 1. The lowest BCUT2D eigenvalue weighted by molar-refractivity contribution is 0.0819. The average Bonchev–Trinajstić information content (AvgIpc) is 2.08. The molecule has 1 rings (SSSR count). The Hall–Kier alpha value is -1.46. The molecular formula is C8H7F4NO. The lowest BCUT2D eigenvalue weighted by Gasteiger charge is -2.08. The van der Waals surface area contributed by atoms with E-state index < -0.39 is 36.1 Å². The number of hydrogen-bond acceptors (Lipinski definition) is 2. The molecule has 14 heavy (non-hydrogen) atoms. The van der Waals surface area contributed by atoms with Gasteiger partial charge in [-0.1, -0.05) is 0 Å². The minimum absolute atomic E-state index is 0.414. The molecule has 0 amide bonds. The van der Waals surface area contributed by atoms with Crippen molar-refractivity contribution in [2.75, 3.05) is 12.3 Å². The van der Waals surface area contributed by atoms with Crippen molar-refractivity contribution in [1.29, 1.82) is 0 Å². The van der Waals surface area contributed by atoms with E-state index in [9.17, 15) is 17.6 Å². The van der Waals surface area contributed by atoms with Crippen LogP contribution in [0.25, 0.3) is 0 Å². The predicted molar refractivity (Wildman–Crippen MR) is 42.3 cm³/mol. The van der Waals surface area contributed by atoms with Gasteiger partial charge in [-0.2, -0.15) is 0 Å². The molecule has 1 aromatic rings. The molecule has 78 valence electrons. The zero-order valence-electron chi connectivity index (χ0n) is 6.94. The van der Waals surface area contributed by atoms with Gasteiger partial charge in [-0.15, -0.1) is 0 Å². The van der Waals surface area contributed by atoms with Crippen LogP contribution in [0.3, 0.4) is 0 Å². The lowest BCUT2D eigenvalue weighted by atomic mass is 10.3. The molecule has 0 aliphatic rings. The van der Waals surface area contributed by atoms with Crippen LogP contribution in [-0.4, -0.2) is 13.0 Å². The van der Waals surface area contributed by atoms with Crippen LogP contribution in [0.15, 0.2) is 12.1 Å². The summed E-state index contributed by atoms with van der Waals surface area (Å²) in [4.78, 5) is 0. The SMILES string of the molecule is Nc1c(F)cc(F)cc1OCC(F)F. The molecule has 2 N–H and O–H groups in total. The van der Waals surface area contributed by atoms with Crippen molar-refractivity contribution < 1.29 is 22.3 Å². The van der Waals surface area contributed by atoms with Crippen LogP contribution in [0.4, 0.5) is 23.2 Å². The number of ether oxygens (including phenoxy) is 1. The highest BCUT2D eigenvalue weighted by molar-refractivity contribution is 5.53. The molecule has 0 aliphatic heterocycles. The lowest BCUT2D eigenvalue weighted by Crippen LogP contribution is -2.09. The normalized spacial score (nSPS) is 10.6. The zero-order chi connectivity index (χ0) is 10.7. The van der Waals surface area contributed by atoms with Crippen LogP contribution in [0, 0.1) is 11.6 Å². The summed E-state index contributed by atoms with van der Waals surface area (Å²) in [6.07, 6.45) is -2.72.